The van der Waals surface area contributed by atoms with Crippen molar-refractivity contribution in [1.29, 1.82) is 0 Å². The Bertz CT molecular complexity index is 1250. The molecule has 1 aliphatic rings. The minimum atomic E-state index is -4.21. The van der Waals surface area contributed by atoms with Gasteiger partial charge in [0.25, 0.3) is 5.91 Å². The zero-order chi connectivity index (χ0) is 21.5. The molecule has 2 heterocycles. The topological polar surface area (TPSA) is 123 Å². The fourth-order valence-electron chi connectivity index (χ4n) is 3.16. The van der Waals surface area contributed by atoms with Crippen LogP contribution in [0.25, 0.3) is 10.2 Å². The number of hydrogen-bond donors (Lipinski definition) is 1. The minimum absolute atomic E-state index is 0.141. The zero-order valence-electron chi connectivity index (χ0n) is 15.6. The highest BCUT2D eigenvalue weighted by molar-refractivity contribution is 7.92. The summed E-state index contributed by atoms with van der Waals surface area (Å²) < 4.78 is 31.6. The van der Waals surface area contributed by atoms with Gasteiger partial charge in [-0.25, -0.2) is 23.1 Å². The van der Waals surface area contributed by atoms with E-state index in [-0.39, 0.29) is 15.6 Å². The van der Waals surface area contributed by atoms with E-state index in [0.29, 0.717) is 10.4 Å². The van der Waals surface area contributed by atoms with Crippen LogP contribution in [0.4, 0.5) is 9.93 Å². The van der Waals surface area contributed by atoms with E-state index in [1.54, 1.807) is 12.1 Å². The molecule has 1 unspecified atom stereocenters. The van der Waals surface area contributed by atoms with Gasteiger partial charge in [0.1, 0.15) is 0 Å². The van der Waals surface area contributed by atoms with Gasteiger partial charge in [-0.15, -0.1) is 0 Å². The molecule has 0 bridgehead atoms. The predicted octanol–water partition coefficient (Wildman–Crippen LogP) is 2.65. The Hall–Kier alpha value is -3.31. The Morgan fingerprint density at radius 1 is 1.17 bits per heavy atom. The molecule has 11 heteroatoms. The number of anilines is 1. The monoisotopic (exact) mass is 445 g/mol. The van der Waals surface area contributed by atoms with Gasteiger partial charge in [-0.3, -0.25) is 14.9 Å². The first-order chi connectivity index (χ1) is 14.3. The number of urea groups is 1. The molecular formula is C19H15N3O6S2. The Morgan fingerprint density at radius 2 is 1.87 bits per heavy atom. The number of rotatable bonds is 3. The number of sulfone groups is 1. The molecular weight excluding hydrogens is 430 g/mol. The van der Waals surface area contributed by atoms with E-state index >= 15 is 0 Å². The third-order valence-corrected chi connectivity index (χ3v) is 7.60. The van der Waals surface area contributed by atoms with Crippen molar-refractivity contribution in [3.05, 3.63) is 54.1 Å². The predicted molar refractivity (Wildman–Crippen MR) is 109 cm³/mol. The molecule has 9 nitrogen and oxygen atoms in total. The molecule has 30 heavy (non-hydrogen) atoms. The van der Waals surface area contributed by atoms with Gasteiger partial charge in [0.15, 0.2) is 10.5 Å². The first-order valence-electron chi connectivity index (χ1n) is 8.73. The van der Waals surface area contributed by atoms with Gasteiger partial charge < -0.3 is 4.74 Å². The van der Waals surface area contributed by atoms with Gasteiger partial charge >= 0.3 is 12.0 Å². The molecule has 0 aliphatic carbocycles. The number of amides is 3. The molecule has 0 radical (unpaired) electrons. The molecule has 0 saturated heterocycles. The Kier molecular flexibility index (Phi) is 5.00. The zero-order valence-corrected chi connectivity index (χ0v) is 17.2. The maximum Gasteiger partial charge on any atom is 0.331 e. The van der Waals surface area contributed by atoms with E-state index < -0.39 is 39.5 Å². The van der Waals surface area contributed by atoms with E-state index in [2.05, 4.69) is 15.0 Å². The number of imide groups is 1. The van der Waals surface area contributed by atoms with Crippen molar-refractivity contribution in [3.8, 4) is 0 Å². The van der Waals surface area contributed by atoms with Crippen molar-refractivity contribution in [3.63, 3.8) is 0 Å². The lowest BCUT2D eigenvalue weighted by atomic mass is 10.2. The average molecular weight is 445 g/mol. The van der Waals surface area contributed by atoms with Gasteiger partial charge in [-0.1, -0.05) is 35.6 Å². The number of fused-ring (bicyclic) bond motifs is 2. The van der Waals surface area contributed by atoms with Crippen molar-refractivity contribution < 1.29 is 27.5 Å². The number of carbonyl (C=O) groups is 3. The van der Waals surface area contributed by atoms with Crippen LogP contribution in [0.5, 0.6) is 0 Å². The maximum atomic E-state index is 13.1. The summed E-state index contributed by atoms with van der Waals surface area (Å²) in [7, 11) is -3.11. The van der Waals surface area contributed by atoms with E-state index in [0.717, 1.165) is 11.8 Å². The standard InChI is InChI=1S/C19H15N3O6S2/c1-28-16(23)10-15-22(17(24)11-6-2-5-9-14(11)30(15,26)27)19(25)21-18-20-12-7-3-4-8-13(12)29-18/h2-9,15H,10H2,1H3,(H,20,21,25). The first-order valence-corrected chi connectivity index (χ1v) is 11.1. The Morgan fingerprint density at radius 3 is 2.60 bits per heavy atom. The molecule has 154 valence electrons. The molecule has 0 fully saturated rings. The Balaban J connectivity index is 1.75. The number of benzene rings is 2. The summed E-state index contributed by atoms with van der Waals surface area (Å²) in [6, 6.07) is 11.7. The van der Waals surface area contributed by atoms with Crippen molar-refractivity contribution in [1.82, 2.24) is 9.88 Å². The van der Waals surface area contributed by atoms with Crippen molar-refractivity contribution in [2.75, 3.05) is 12.4 Å². The lowest BCUT2D eigenvalue weighted by molar-refractivity contribution is -0.141. The average Bonchev–Trinajstić information content (AvgIpc) is 3.14. The van der Waals surface area contributed by atoms with Gasteiger partial charge in [0, 0.05) is 0 Å². The summed E-state index contributed by atoms with van der Waals surface area (Å²) in [5, 5.41) is 0.940. The van der Waals surface area contributed by atoms with Crippen LogP contribution in [-0.2, 0) is 19.4 Å². The van der Waals surface area contributed by atoms with Crippen LogP contribution in [0.15, 0.2) is 53.4 Å². The smallest absolute Gasteiger partial charge is 0.331 e. The number of aromatic nitrogens is 1. The van der Waals surface area contributed by atoms with Crippen LogP contribution in [0.2, 0.25) is 0 Å². The largest absolute Gasteiger partial charge is 0.469 e. The number of thiazole rings is 1. The van der Waals surface area contributed by atoms with Gasteiger partial charge in [0.05, 0.1) is 34.2 Å². The van der Waals surface area contributed by atoms with E-state index in [9.17, 15) is 22.8 Å². The van der Waals surface area contributed by atoms with Gasteiger partial charge in [-0.2, -0.15) is 0 Å². The molecule has 1 atom stereocenters. The van der Waals surface area contributed by atoms with Crippen LogP contribution < -0.4 is 5.32 Å². The fraction of sp³-hybridized carbons (Fsp3) is 0.158. The van der Waals surface area contributed by atoms with Crippen molar-refractivity contribution in [2.45, 2.75) is 16.7 Å². The van der Waals surface area contributed by atoms with Crippen LogP contribution in [0, 0.1) is 0 Å². The second kappa shape index (κ2) is 7.50. The number of carbonyl (C=O) groups excluding carboxylic acids is 3. The first kappa shape index (κ1) is 20.0. The summed E-state index contributed by atoms with van der Waals surface area (Å²) in [4.78, 5) is 42.4. The van der Waals surface area contributed by atoms with E-state index in [1.165, 1.54) is 35.6 Å². The highest BCUT2D eigenvalue weighted by Crippen LogP contribution is 2.33. The summed E-state index contributed by atoms with van der Waals surface area (Å²) in [6.45, 7) is 0. The number of esters is 1. The second-order valence-corrected chi connectivity index (χ2v) is 9.47. The Labute approximate surface area is 175 Å². The molecule has 1 N–H and O–H groups in total. The minimum Gasteiger partial charge on any atom is -0.469 e. The number of methoxy groups -OCH3 is 1. The van der Waals surface area contributed by atoms with Gasteiger partial charge in [-0.05, 0) is 24.3 Å². The molecule has 4 rings (SSSR count). The van der Waals surface area contributed by atoms with Gasteiger partial charge in [0.2, 0.25) is 9.84 Å². The summed E-state index contributed by atoms with van der Waals surface area (Å²) >= 11 is 1.17. The number of nitrogens with zero attached hydrogens (tertiary/aromatic N) is 2. The number of ether oxygens (including phenoxy) is 1. The number of para-hydroxylation sites is 1. The maximum absolute atomic E-state index is 13.1. The van der Waals surface area contributed by atoms with E-state index in [1.807, 2.05) is 12.1 Å². The molecule has 1 aliphatic heterocycles. The van der Waals surface area contributed by atoms with Crippen molar-refractivity contribution >= 4 is 54.4 Å². The molecule has 2 aromatic carbocycles. The molecule has 0 saturated carbocycles. The quantitative estimate of drug-likeness (QED) is 0.615. The molecule has 3 aromatic rings. The third kappa shape index (κ3) is 3.31. The van der Waals surface area contributed by atoms with Crippen LogP contribution in [0.1, 0.15) is 16.8 Å². The van der Waals surface area contributed by atoms with Crippen LogP contribution >= 0.6 is 11.3 Å². The highest BCUT2D eigenvalue weighted by Gasteiger charge is 2.47. The number of hydrogen-bond acceptors (Lipinski definition) is 8. The number of nitrogens with one attached hydrogen (secondary N) is 1. The highest BCUT2D eigenvalue weighted by atomic mass is 32.2. The lowest BCUT2D eigenvalue weighted by Gasteiger charge is -2.33. The molecule has 1 aromatic heterocycles. The van der Waals surface area contributed by atoms with E-state index in [4.69, 9.17) is 0 Å². The summed E-state index contributed by atoms with van der Waals surface area (Å²) in [5.74, 6) is -1.69. The second-order valence-electron chi connectivity index (χ2n) is 6.37. The summed E-state index contributed by atoms with van der Waals surface area (Å²) in [6.07, 6.45) is -0.688. The molecule has 3 amide bonds. The van der Waals surface area contributed by atoms with Crippen LogP contribution in [-0.4, -0.2) is 48.7 Å². The third-order valence-electron chi connectivity index (χ3n) is 4.58. The lowest BCUT2D eigenvalue weighted by Crippen LogP contribution is -2.54. The fourth-order valence-corrected chi connectivity index (χ4v) is 5.87. The van der Waals surface area contributed by atoms with Crippen LogP contribution in [0.3, 0.4) is 0 Å². The van der Waals surface area contributed by atoms with Crippen molar-refractivity contribution in [2.24, 2.45) is 0 Å². The summed E-state index contributed by atoms with van der Waals surface area (Å²) in [5.41, 5.74) is 0.505. The SMILES string of the molecule is COC(=O)CC1N(C(=O)Nc2nc3ccccc3s2)C(=O)c2ccccc2S1(=O)=O. The normalized spacial score (nSPS) is 17.4. The molecule has 0 spiro atoms.